The van der Waals surface area contributed by atoms with Gasteiger partial charge in [-0.2, -0.15) is 0 Å². The normalized spacial score (nSPS) is 28.1. The number of nitrogens with one attached hydrogen (secondary N) is 1. The molecule has 2 N–H and O–H groups in total. The molecular weight excluding hydrogens is 230 g/mol. The van der Waals surface area contributed by atoms with E-state index in [0.29, 0.717) is 19.6 Å². The lowest BCUT2D eigenvalue weighted by molar-refractivity contribution is -0.0658. The minimum absolute atomic E-state index is 0.218. The second kappa shape index (κ2) is 5.69. The summed E-state index contributed by atoms with van der Waals surface area (Å²) in [5.41, 5.74) is 0.293. The van der Waals surface area contributed by atoms with Crippen LogP contribution in [0.5, 0.6) is 5.75 Å². The van der Waals surface area contributed by atoms with Gasteiger partial charge in [0.1, 0.15) is 17.5 Å². The van der Waals surface area contributed by atoms with E-state index < -0.39 is 5.60 Å². The molecule has 1 aromatic rings. The van der Waals surface area contributed by atoms with Crippen molar-refractivity contribution in [3.8, 4) is 5.75 Å². The van der Waals surface area contributed by atoms with Crippen LogP contribution in [0.2, 0.25) is 0 Å². The van der Waals surface area contributed by atoms with Crippen molar-refractivity contribution in [2.24, 2.45) is 0 Å². The lowest BCUT2D eigenvalue weighted by atomic mass is 9.92. The average Bonchev–Trinajstić information content (AvgIpc) is 2.33. The van der Waals surface area contributed by atoms with Gasteiger partial charge in [-0.05, 0) is 37.6 Å². The Morgan fingerprint density at radius 3 is 3.06 bits per heavy atom. The van der Waals surface area contributed by atoms with Gasteiger partial charge in [0.15, 0.2) is 0 Å². The third kappa shape index (κ3) is 3.22. The molecule has 4 nitrogen and oxygen atoms in total. The van der Waals surface area contributed by atoms with Crippen LogP contribution >= 0.6 is 0 Å². The molecule has 0 aromatic heterocycles. The fourth-order valence-corrected chi connectivity index (χ4v) is 2.16. The smallest absolute Gasteiger partial charge is 0.139 e. The van der Waals surface area contributed by atoms with Gasteiger partial charge in [-0.1, -0.05) is 12.1 Å². The van der Waals surface area contributed by atoms with E-state index in [-0.39, 0.29) is 6.10 Å². The Hall–Kier alpha value is -1.10. The van der Waals surface area contributed by atoms with Gasteiger partial charge in [0.2, 0.25) is 0 Å². The molecule has 2 rings (SSSR count). The van der Waals surface area contributed by atoms with Gasteiger partial charge < -0.3 is 19.9 Å². The van der Waals surface area contributed by atoms with Crippen LogP contribution in [0.25, 0.3) is 0 Å². The summed E-state index contributed by atoms with van der Waals surface area (Å²) in [7, 11) is 1.67. The molecule has 0 amide bonds. The van der Waals surface area contributed by atoms with Gasteiger partial charge in [-0.25, -0.2) is 0 Å². The quantitative estimate of drug-likeness (QED) is 0.847. The molecule has 2 unspecified atom stereocenters. The molecule has 1 aliphatic heterocycles. The topological polar surface area (TPSA) is 50.7 Å². The van der Waals surface area contributed by atoms with Crippen molar-refractivity contribution in [3.63, 3.8) is 0 Å². The van der Waals surface area contributed by atoms with Crippen LogP contribution in [-0.2, 0) is 11.3 Å². The Morgan fingerprint density at radius 1 is 1.50 bits per heavy atom. The predicted octanol–water partition coefficient (Wildman–Crippen LogP) is 1.32. The molecule has 2 atom stereocenters. The fourth-order valence-electron chi connectivity index (χ4n) is 2.16. The molecule has 4 heteroatoms. The van der Waals surface area contributed by atoms with Crippen LogP contribution in [-0.4, -0.2) is 37.0 Å². The summed E-state index contributed by atoms with van der Waals surface area (Å²) < 4.78 is 11.0. The maximum atomic E-state index is 10.3. The van der Waals surface area contributed by atoms with E-state index >= 15 is 0 Å². The summed E-state index contributed by atoms with van der Waals surface area (Å²) in [5.74, 6) is 0.776. The van der Waals surface area contributed by atoms with Crippen LogP contribution in [0.15, 0.2) is 24.3 Å². The van der Waals surface area contributed by atoms with E-state index in [2.05, 4.69) is 5.32 Å². The van der Waals surface area contributed by atoms with Gasteiger partial charge in [0.05, 0.1) is 6.61 Å². The zero-order valence-corrected chi connectivity index (χ0v) is 11.0. The molecule has 0 bridgehead atoms. The van der Waals surface area contributed by atoms with Crippen molar-refractivity contribution in [2.75, 3.05) is 20.2 Å². The van der Waals surface area contributed by atoms with Gasteiger partial charge in [0.25, 0.3) is 0 Å². The molecule has 1 saturated heterocycles. The summed E-state index contributed by atoms with van der Waals surface area (Å²) in [4.78, 5) is 0. The van der Waals surface area contributed by atoms with Gasteiger partial charge in [-0.3, -0.25) is 0 Å². The van der Waals surface area contributed by atoms with Gasteiger partial charge in [-0.15, -0.1) is 0 Å². The number of hydrogen-bond donors (Lipinski definition) is 2. The van der Waals surface area contributed by atoms with Crippen LogP contribution in [0.4, 0.5) is 0 Å². The van der Waals surface area contributed by atoms with Gasteiger partial charge in [0, 0.05) is 13.7 Å². The van der Waals surface area contributed by atoms with E-state index in [1.165, 1.54) is 0 Å². The number of methoxy groups -OCH3 is 1. The van der Waals surface area contributed by atoms with Crippen LogP contribution < -0.4 is 10.1 Å². The molecule has 1 heterocycles. The highest BCUT2D eigenvalue weighted by Crippen LogP contribution is 2.24. The Labute approximate surface area is 108 Å². The van der Waals surface area contributed by atoms with Crippen molar-refractivity contribution in [1.82, 2.24) is 5.32 Å². The molecule has 18 heavy (non-hydrogen) atoms. The third-order valence-corrected chi connectivity index (χ3v) is 3.32. The number of hydrogen-bond acceptors (Lipinski definition) is 4. The number of aliphatic hydroxyl groups is 1. The maximum Gasteiger partial charge on any atom is 0.139 e. The van der Waals surface area contributed by atoms with Crippen molar-refractivity contribution in [2.45, 2.75) is 31.7 Å². The second-order valence-electron chi connectivity index (χ2n) is 5.00. The van der Waals surface area contributed by atoms with E-state index in [0.717, 1.165) is 17.9 Å². The molecule has 0 radical (unpaired) electrons. The zero-order chi connectivity index (χ0) is 13.0. The first kappa shape index (κ1) is 13.3. The Kier molecular flexibility index (Phi) is 4.22. The van der Waals surface area contributed by atoms with E-state index in [9.17, 15) is 5.11 Å². The van der Waals surface area contributed by atoms with E-state index in [1.807, 2.05) is 31.2 Å². The number of rotatable bonds is 4. The number of piperidine rings is 1. The molecule has 0 aliphatic carbocycles. The third-order valence-electron chi connectivity index (χ3n) is 3.32. The maximum absolute atomic E-state index is 10.3. The molecule has 1 aliphatic rings. The molecule has 1 aromatic carbocycles. The first-order chi connectivity index (χ1) is 8.62. The summed E-state index contributed by atoms with van der Waals surface area (Å²) in [6.07, 6.45) is 0.485. The predicted molar refractivity (Wildman–Crippen MR) is 69.7 cm³/mol. The lowest BCUT2D eigenvalue weighted by Crippen LogP contribution is -2.55. The van der Waals surface area contributed by atoms with Crippen molar-refractivity contribution in [3.05, 3.63) is 29.8 Å². The zero-order valence-electron chi connectivity index (χ0n) is 11.0. The average molecular weight is 251 g/mol. The Bertz CT molecular complexity index is 392. The van der Waals surface area contributed by atoms with E-state index in [4.69, 9.17) is 9.47 Å². The minimum Gasteiger partial charge on any atom is -0.486 e. The minimum atomic E-state index is -0.775. The summed E-state index contributed by atoms with van der Waals surface area (Å²) in [6.45, 7) is 3.89. The first-order valence-corrected chi connectivity index (χ1v) is 6.29. The number of benzene rings is 1. The molecule has 100 valence electrons. The van der Waals surface area contributed by atoms with E-state index in [1.54, 1.807) is 7.11 Å². The molecule has 0 spiro atoms. The largest absolute Gasteiger partial charge is 0.486 e. The monoisotopic (exact) mass is 251 g/mol. The van der Waals surface area contributed by atoms with Crippen LogP contribution in [0.3, 0.4) is 0 Å². The van der Waals surface area contributed by atoms with Crippen molar-refractivity contribution >= 4 is 0 Å². The second-order valence-corrected chi connectivity index (χ2v) is 5.00. The molecule has 1 fully saturated rings. The van der Waals surface area contributed by atoms with Crippen LogP contribution in [0, 0.1) is 0 Å². The van der Waals surface area contributed by atoms with Gasteiger partial charge >= 0.3 is 0 Å². The molecular formula is C14H21NO3. The summed E-state index contributed by atoms with van der Waals surface area (Å²) in [6, 6.07) is 7.79. The Morgan fingerprint density at radius 2 is 2.33 bits per heavy atom. The van der Waals surface area contributed by atoms with Crippen molar-refractivity contribution < 1.29 is 14.6 Å². The fraction of sp³-hybridized carbons (Fsp3) is 0.571. The highest BCUT2D eigenvalue weighted by molar-refractivity contribution is 5.28. The van der Waals surface area contributed by atoms with Crippen molar-refractivity contribution in [1.29, 1.82) is 0 Å². The lowest BCUT2D eigenvalue weighted by Gasteiger charge is -2.37. The first-order valence-electron chi connectivity index (χ1n) is 6.29. The summed E-state index contributed by atoms with van der Waals surface area (Å²) in [5, 5.41) is 13.5. The highest BCUT2D eigenvalue weighted by Gasteiger charge is 2.36. The molecule has 0 saturated carbocycles. The summed E-state index contributed by atoms with van der Waals surface area (Å²) >= 11 is 0. The standard InChI is InChI=1S/C14H21NO3/c1-14(16)6-7-15-9-13(14)18-12-5-3-4-11(8-12)10-17-2/h3-5,8,13,15-16H,6-7,9-10H2,1-2H3. The highest BCUT2D eigenvalue weighted by atomic mass is 16.5. The number of ether oxygens (including phenoxy) is 2. The Balaban J connectivity index is 2.06. The van der Waals surface area contributed by atoms with Crippen LogP contribution in [0.1, 0.15) is 18.9 Å². The SMILES string of the molecule is COCc1cccc(OC2CNCCC2(C)O)c1.